The second-order valence-corrected chi connectivity index (χ2v) is 35.3. The van der Waals surface area contributed by atoms with E-state index in [2.05, 4.69) is 298 Å². The van der Waals surface area contributed by atoms with E-state index in [1.54, 1.807) is 0 Å². The van der Waals surface area contributed by atoms with Crippen molar-refractivity contribution in [1.29, 1.82) is 0 Å². The number of hydrogen-bond donors (Lipinski definition) is 0. The van der Waals surface area contributed by atoms with Gasteiger partial charge in [-0.3, -0.25) is 0 Å². The van der Waals surface area contributed by atoms with Gasteiger partial charge in [-0.25, -0.2) is 0 Å². The maximum absolute atomic E-state index is 2.81. The van der Waals surface area contributed by atoms with Crippen molar-refractivity contribution in [3.05, 3.63) is 202 Å². The van der Waals surface area contributed by atoms with Gasteiger partial charge in [-0.15, -0.1) is 11.3 Å². The maximum atomic E-state index is 2.81. The maximum Gasteiger partial charge on any atom is 0.333 e. The summed E-state index contributed by atoms with van der Waals surface area (Å²) in [6.45, 7) is 45.9. The second kappa shape index (κ2) is 19.5. The highest BCUT2D eigenvalue weighted by molar-refractivity contribution is 7.26. The Labute approximate surface area is 543 Å². The fourth-order valence-corrected chi connectivity index (χ4v) is 18.2. The number of aryl methyl sites for hydroxylation is 1. The van der Waals surface area contributed by atoms with Gasteiger partial charge in [-0.2, -0.15) is 0 Å². The Morgan fingerprint density at radius 1 is 0.411 bits per heavy atom. The van der Waals surface area contributed by atoms with Gasteiger partial charge in [0.2, 0.25) is 0 Å². The van der Waals surface area contributed by atoms with Crippen LogP contribution in [0.3, 0.4) is 0 Å². The summed E-state index contributed by atoms with van der Waals surface area (Å²) in [5.41, 5.74) is 28.4. The molecule has 0 spiro atoms. The zero-order valence-corrected chi connectivity index (χ0v) is 58.3. The van der Waals surface area contributed by atoms with Gasteiger partial charge in [0, 0.05) is 71.2 Å². The summed E-state index contributed by atoms with van der Waals surface area (Å²) in [4.78, 5) is 8.09. The van der Waals surface area contributed by atoms with Crippen LogP contribution in [0.2, 0.25) is 0 Å². The third-order valence-corrected chi connectivity index (χ3v) is 24.4. The molecule has 0 N–H and O–H groups in total. The Morgan fingerprint density at radius 3 is 1.48 bits per heavy atom. The molecule has 2 aliphatic heterocycles. The normalized spacial score (nSPS) is 18.8. The average molecular weight is 1200 g/mol. The van der Waals surface area contributed by atoms with Gasteiger partial charge in [0.15, 0.2) is 0 Å². The molecule has 0 bridgehead atoms. The Morgan fingerprint density at radius 2 is 0.900 bits per heavy atom. The third-order valence-electron chi connectivity index (χ3n) is 23.2. The van der Waals surface area contributed by atoms with Gasteiger partial charge in [-0.1, -0.05) is 185 Å². The standard InChI is InChI=1S/C85H94BN3S/c1-51-42-64-67(84(16,17)40-38-81(64,10)11)48-71(51)88-72-47-61-60-46-66-68(85(18,19)41-39-83(66,14)15)49-74(60)90-75(61)50-69(72)86-77-73(88)43-52-22-20-21-23-59(52)76(77)62-44-57(33-35-70(62)89(86)58-32-34-63-65(45-58)82(12,13)37-36-80(63,8)9)87(55-28-24-53(25-29-55)78(2,3)4)56-30-26-54(27-31-56)79(5,6)7/h20-35,42-50H,36-41H2,1-19H3. The molecule has 3 nitrogen and oxygen atoms in total. The summed E-state index contributed by atoms with van der Waals surface area (Å²) in [6.07, 6.45) is 7.03. The number of thiophene rings is 1. The van der Waals surface area contributed by atoms with Crippen LogP contribution in [0.15, 0.2) is 152 Å². The fourth-order valence-electron chi connectivity index (χ4n) is 17.1. The van der Waals surface area contributed by atoms with Crippen molar-refractivity contribution in [2.24, 2.45) is 0 Å². The molecular formula is C85H94BN3S. The molecule has 5 heteroatoms. The number of benzene rings is 9. The van der Waals surface area contributed by atoms with E-state index in [4.69, 9.17) is 0 Å². The molecular weight excluding hydrogens is 1110 g/mol. The lowest BCUT2D eigenvalue weighted by atomic mass is 9.43. The molecule has 458 valence electrons. The SMILES string of the molecule is Cc1cc2c(cc1N1c3cc4c(cc3B3c5c1cc1ccccc1c5-c1cc(N(c5ccc(C(C)(C)C)cc5)c5ccc(C(C)(C)C)cc5)ccc1N3c1ccc3c(c1)C(C)(C)CCC3(C)C)sc1cc3c(cc14)C(C)(C)CCC3(C)C)C(C)(C)CCC2(C)C. The molecule has 0 atom stereocenters. The first-order valence-corrected chi connectivity index (χ1v) is 34.7. The number of fused-ring (bicyclic) bond motifs is 12. The second-order valence-electron chi connectivity index (χ2n) is 34.3. The van der Waals surface area contributed by atoms with Crippen molar-refractivity contribution in [3.8, 4) is 11.1 Å². The monoisotopic (exact) mass is 1200 g/mol. The topological polar surface area (TPSA) is 9.72 Å². The first-order chi connectivity index (χ1) is 42.2. The highest BCUT2D eigenvalue weighted by Crippen LogP contribution is 2.57. The smallest absolute Gasteiger partial charge is 0.333 e. The predicted molar refractivity (Wildman–Crippen MR) is 393 cm³/mol. The van der Waals surface area contributed by atoms with Crippen molar-refractivity contribution >= 4 is 106 Å². The number of hydrogen-bond acceptors (Lipinski definition) is 4. The van der Waals surface area contributed by atoms with Gasteiger partial charge in [0.25, 0.3) is 0 Å². The molecule has 0 radical (unpaired) electrons. The zero-order valence-electron chi connectivity index (χ0n) is 57.5. The van der Waals surface area contributed by atoms with E-state index in [1.807, 2.05) is 11.3 Å². The molecule has 90 heavy (non-hydrogen) atoms. The Kier molecular flexibility index (Phi) is 12.8. The first kappa shape index (κ1) is 59.2. The average Bonchev–Trinajstić information content (AvgIpc) is 0.828. The first-order valence-electron chi connectivity index (χ1n) is 33.9. The highest BCUT2D eigenvalue weighted by Gasteiger charge is 2.49. The number of rotatable bonds is 5. The van der Waals surface area contributed by atoms with E-state index < -0.39 is 0 Å². The quantitative estimate of drug-likeness (QED) is 0.159. The summed E-state index contributed by atoms with van der Waals surface area (Å²) >= 11 is 2.01. The molecule has 0 saturated heterocycles. The molecule has 0 saturated carbocycles. The summed E-state index contributed by atoms with van der Waals surface area (Å²) in [6, 6.07) is 61.7. The van der Waals surface area contributed by atoms with Gasteiger partial charge < -0.3 is 14.6 Å². The third kappa shape index (κ3) is 9.06. The molecule has 0 amide bonds. The minimum atomic E-state index is -0.165. The minimum Gasteiger partial charge on any atom is -0.376 e. The molecule has 3 aliphatic carbocycles. The molecule has 15 rings (SSSR count). The van der Waals surface area contributed by atoms with E-state index in [1.165, 1.54) is 157 Å². The van der Waals surface area contributed by atoms with E-state index in [0.29, 0.717) is 0 Å². The molecule has 10 aromatic rings. The van der Waals surface area contributed by atoms with Crippen molar-refractivity contribution in [3.63, 3.8) is 0 Å². The van der Waals surface area contributed by atoms with Crippen LogP contribution < -0.4 is 25.5 Å². The number of nitrogens with zero attached hydrogens (tertiary/aromatic N) is 3. The van der Waals surface area contributed by atoms with Gasteiger partial charge in [0.05, 0.1) is 0 Å². The molecule has 1 aromatic heterocycles. The molecule has 0 unspecified atom stereocenters. The highest BCUT2D eigenvalue weighted by atomic mass is 32.1. The van der Waals surface area contributed by atoms with Gasteiger partial charge >= 0.3 is 6.85 Å². The van der Waals surface area contributed by atoms with E-state index >= 15 is 0 Å². The van der Waals surface area contributed by atoms with Gasteiger partial charge in [-0.05, 0) is 257 Å². The minimum absolute atomic E-state index is 0.00725. The lowest BCUT2D eigenvalue weighted by molar-refractivity contribution is 0.332. The zero-order chi connectivity index (χ0) is 63.5. The molecule has 9 aromatic carbocycles. The van der Waals surface area contributed by atoms with Crippen LogP contribution in [0.1, 0.15) is 213 Å². The predicted octanol–water partition coefficient (Wildman–Crippen LogP) is 23.3. The Balaban J connectivity index is 1.07. The van der Waals surface area contributed by atoms with E-state index in [0.717, 1.165) is 29.9 Å². The molecule has 3 heterocycles. The van der Waals surface area contributed by atoms with Crippen LogP contribution in [0, 0.1) is 6.92 Å². The van der Waals surface area contributed by atoms with Gasteiger partial charge in [0.1, 0.15) is 0 Å². The van der Waals surface area contributed by atoms with Crippen LogP contribution in [-0.2, 0) is 43.3 Å². The van der Waals surface area contributed by atoms with Crippen molar-refractivity contribution in [2.45, 2.75) is 213 Å². The van der Waals surface area contributed by atoms with Crippen molar-refractivity contribution < 1.29 is 0 Å². The Hall–Kier alpha value is -7.08. The lowest BCUT2D eigenvalue weighted by Gasteiger charge is -2.48. The van der Waals surface area contributed by atoms with Crippen molar-refractivity contribution in [2.75, 3.05) is 14.6 Å². The van der Waals surface area contributed by atoms with Crippen LogP contribution in [0.4, 0.5) is 45.5 Å². The van der Waals surface area contributed by atoms with Crippen LogP contribution in [0.5, 0.6) is 0 Å². The molecule has 0 fully saturated rings. The lowest BCUT2D eigenvalue weighted by Crippen LogP contribution is -2.61. The summed E-state index contributed by atoms with van der Waals surface area (Å²) in [5.74, 6) is 0. The summed E-state index contributed by atoms with van der Waals surface area (Å²) in [7, 11) is 0. The number of anilines is 8. The summed E-state index contributed by atoms with van der Waals surface area (Å²) in [5, 5.41) is 5.29. The van der Waals surface area contributed by atoms with Crippen LogP contribution in [0.25, 0.3) is 42.1 Å². The molecule has 5 aliphatic rings. The summed E-state index contributed by atoms with van der Waals surface area (Å²) < 4.78 is 2.75. The fraction of sp³-hybridized carbons (Fsp3) is 0.388. The van der Waals surface area contributed by atoms with Crippen molar-refractivity contribution in [1.82, 2.24) is 0 Å². The van der Waals surface area contributed by atoms with Crippen LogP contribution >= 0.6 is 11.3 Å². The largest absolute Gasteiger partial charge is 0.376 e. The Bertz CT molecular complexity index is 4590. The van der Waals surface area contributed by atoms with Crippen LogP contribution in [-0.4, -0.2) is 6.85 Å². The van der Waals surface area contributed by atoms with E-state index in [9.17, 15) is 0 Å². The van der Waals surface area contributed by atoms with E-state index in [-0.39, 0.29) is 50.2 Å².